The summed E-state index contributed by atoms with van der Waals surface area (Å²) in [5.41, 5.74) is 6.58. The third kappa shape index (κ3) is 7.86. The van der Waals surface area contributed by atoms with E-state index in [2.05, 4.69) is 46.9 Å². The molecule has 2 unspecified atom stereocenters. The first kappa shape index (κ1) is 26.8. The zero-order valence-corrected chi connectivity index (χ0v) is 20.8. The van der Waals surface area contributed by atoms with E-state index in [-0.39, 0.29) is 11.9 Å². The number of rotatable bonds is 12. The summed E-state index contributed by atoms with van der Waals surface area (Å²) in [5, 5.41) is 15.6. The molecule has 35 heavy (non-hydrogen) atoms. The fourth-order valence-corrected chi connectivity index (χ4v) is 4.64. The average molecular weight is 482 g/mol. The van der Waals surface area contributed by atoms with Crippen molar-refractivity contribution in [2.75, 3.05) is 19.6 Å². The lowest BCUT2D eigenvalue weighted by atomic mass is 9.96. The van der Waals surface area contributed by atoms with Crippen LogP contribution in [0.2, 0.25) is 0 Å². The predicted molar refractivity (Wildman–Crippen MR) is 138 cm³/mol. The fraction of sp³-hybridized carbons (Fsp3) is 0.481. The van der Waals surface area contributed by atoms with E-state index >= 15 is 0 Å². The number of nitrogens with zero attached hydrogens (tertiary/aromatic N) is 1. The lowest BCUT2D eigenvalue weighted by Gasteiger charge is -2.33. The quantitative estimate of drug-likeness (QED) is 0.233. The highest BCUT2D eigenvalue weighted by molar-refractivity contribution is 5.87. The van der Waals surface area contributed by atoms with Gasteiger partial charge in [-0.25, -0.2) is 10.2 Å². The molecule has 0 aromatic heterocycles. The van der Waals surface area contributed by atoms with Gasteiger partial charge in [0.05, 0.1) is 5.56 Å². The van der Waals surface area contributed by atoms with Crippen molar-refractivity contribution in [2.24, 2.45) is 11.8 Å². The molecule has 190 valence electrons. The van der Waals surface area contributed by atoms with E-state index in [9.17, 15) is 9.59 Å². The van der Waals surface area contributed by atoms with Crippen molar-refractivity contribution in [3.05, 3.63) is 70.8 Å². The summed E-state index contributed by atoms with van der Waals surface area (Å²) < 4.78 is 0. The smallest absolute Gasteiger partial charge is 0.335 e. The average Bonchev–Trinajstić information content (AvgIpc) is 2.87. The number of nitrogens with two attached hydrogens (primary N) is 1. The Hall–Kier alpha value is -2.78. The molecule has 1 aliphatic heterocycles. The Morgan fingerprint density at radius 3 is 2.40 bits per heavy atom. The van der Waals surface area contributed by atoms with Gasteiger partial charge in [-0.05, 0) is 74.0 Å². The van der Waals surface area contributed by atoms with E-state index in [4.69, 9.17) is 10.9 Å². The van der Waals surface area contributed by atoms with Gasteiger partial charge in [0.2, 0.25) is 5.91 Å². The number of aromatic carboxylic acids is 1. The van der Waals surface area contributed by atoms with Crippen molar-refractivity contribution in [2.45, 2.75) is 58.3 Å². The third-order valence-corrected chi connectivity index (χ3v) is 7.00. The van der Waals surface area contributed by atoms with Crippen LogP contribution in [0.1, 0.15) is 53.2 Å². The van der Waals surface area contributed by atoms with Gasteiger partial charge in [-0.15, -0.1) is 0 Å². The Labute approximate surface area is 208 Å². The number of amides is 1. The van der Waals surface area contributed by atoms with Crippen LogP contribution >= 0.6 is 0 Å². The molecule has 8 heteroatoms. The largest absolute Gasteiger partial charge is 0.478 e. The molecule has 1 saturated heterocycles. The lowest BCUT2D eigenvalue weighted by Crippen LogP contribution is -2.58. The van der Waals surface area contributed by atoms with E-state index in [0.717, 1.165) is 44.5 Å². The van der Waals surface area contributed by atoms with Gasteiger partial charge < -0.3 is 15.7 Å². The number of carboxylic acid groups (broad SMARTS) is 1. The predicted octanol–water partition coefficient (Wildman–Crippen LogP) is 2.42. The molecule has 1 heterocycles. The topological polar surface area (TPSA) is 120 Å². The second kappa shape index (κ2) is 13.3. The first-order chi connectivity index (χ1) is 16.9. The van der Waals surface area contributed by atoms with Gasteiger partial charge in [0.25, 0.3) is 0 Å². The minimum atomic E-state index is -0.904. The minimum absolute atomic E-state index is 0.0717. The van der Waals surface area contributed by atoms with Crippen LogP contribution in [0.15, 0.2) is 48.5 Å². The van der Waals surface area contributed by atoms with Gasteiger partial charge in [-0.1, -0.05) is 43.3 Å². The highest BCUT2D eigenvalue weighted by atomic mass is 16.4. The van der Waals surface area contributed by atoms with E-state index in [0.29, 0.717) is 24.6 Å². The second-order valence-corrected chi connectivity index (χ2v) is 9.43. The van der Waals surface area contributed by atoms with Gasteiger partial charge in [0, 0.05) is 25.7 Å². The summed E-state index contributed by atoms with van der Waals surface area (Å²) in [6, 6.07) is 14.7. The second-order valence-electron chi connectivity index (χ2n) is 9.43. The number of carbonyl (C=O) groups is 2. The van der Waals surface area contributed by atoms with Crippen LogP contribution in [0, 0.1) is 12.8 Å². The summed E-state index contributed by atoms with van der Waals surface area (Å²) >= 11 is 0. The molecule has 6 N–H and O–H groups in total. The molecule has 0 bridgehead atoms. The van der Waals surface area contributed by atoms with Crippen molar-refractivity contribution in [3.8, 4) is 0 Å². The number of carbonyl (C=O) groups excluding carboxylic acids is 1. The van der Waals surface area contributed by atoms with Gasteiger partial charge in [-0.3, -0.25) is 15.5 Å². The van der Waals surface area contributed by atoms with E-state index in [1.165, 1.54) is 11.1 Å². The maximum atomic E-state index is 12.9. The Bertz CT molecular complexity index is 958. The van der Waals surface area contributed by atoms with Crippen molar-refractivity contribution in [3.63, 3.8) is 0 Å². The molecular weight excluding hydrogens is 442 g/mol. The highest BCUT2D eigenvalue weighted by Gasteiger charge is 2.27. The number of aryl methyl sites for hydroxylation is 1. The Kier molecular flexibility index (Phi) is 10.2. The summed E-state index contributed by atoms with van der Waals surface area (Å²) in [4.78, 5) is 26.3. The number of piperidine rings is 1. The minimum Gasteiger partial charge on any atom is -0.478 e. The van der Waals surface area contributed by atoms with Crippen LogP contribution in [0.4, 0.5) is 0 Å². The van der Waals surface area contributed by atoms with Crippen LogP contribution in [0.5, 0.6) is 0 Å². The maximum absolute atomic E-state index is 12.9. The Morgan fingerprint density at radius 1 is 1.11 bits per heavy atom. The summed E-state index contributed by atoms with van der Waals surface area (Å²) in [5.74, 6) is 5.24. The van der Waals surface area contributed by atoms with Crippen LogP contribution in [-0.4, -0.2) is 53.6 Å². The summed E-state index contributed by atoms with van der Waals surface area (Å²) in [7, 11) is 0. The molecule has 0 saturated carbocycles. The van der Waals surface area contributed by atoms with Gasteiger partial charge in [0.1, 0.15) is 6.04 Å². The molecule has 0 aliphatic carbocycles. The van der Waals surface area contributed by atoms with Crippen LogP contribution in [-0.2, 0) is 17.9 Å². The number of hydrogen-bond acceptors (Lipinski definition) is 6. The molecule has 1 aliphatic rings. The van der Waals surface area contributed by atoms with E-state index in [1.54, 1.807) is 12.1 Å². The molecule has 8 nitrogen and oxygen atoms in total. The number of likely N-dealkylation sites (tertiary alicyclic amines) is 1. The number of hydrogen-bond donors (Lipinski definition) is 5. The highest BCUT2D eigenvalue weighted by Crippen LogP contribution is 2.19. The third-order valence-electron chi connectivity index (χ3n) is 7.00. The number of carboxylic acids is 1. The Morgan fingerprint density at radius 2 is 1.80 bits per heavy atom. The molecule has 2 aromatic rings. The maximum Gasteiger partial charge on any atom is 0.335 e. The molecule has 2 aromatic carbocycles. The zero-order valence-electron chi connectivity index (χ0n) is 20.8. The SMILES string of the molecule is CCC(NCc1ccccc1C)C(NN)C(=O)NCC1CCN(Cc2ccc(C(=O)O)cc2)CC1. The summed E-state index contributed by atoms with van der Waals surface area (Å²) in [6.07, 6.45) is 2.80. The zero-order chi connectivity index (χ0) is 25.2. The van der Waals surface area contributed by atoms with E-state index in [1.807, 2.05) is 24.3 Å². The summed E-state index contributed by atoms with van der Waals surface area (Å²) in [6.45, 7) is 8.19. The number of nitrogens with one attached hydrogen (secondary N) is 3. The lowest BCUT2D eigenvalue weighted by molar-refractivity contribution is -0.124. The van der Waals surface area contributed by atoms with Crippen molar-refractivity contribution in [1.29, 1.82) is 0 Å². The monoisotopic (exact) mass is 481 g/mol. The van der Waals surface area contributed by atoms with Gasteiger partial charge in [-0.2, -0.15) is 0 Å². The van der Waals surface area contributed by atoms with Crippen LogP contribution < -0.4 is 21.9 Å². The first-order valence-electron chi connectivity index (χ1n) is 12.5. The first-order valence-corrected chi connectivity index (χ1v) is 12.5. The molecule has 1 amide bonds. The van der Waals surface area contributed by atoms with Gasteiger partial charge >= 0.3 is 5.97 Å². The molecule has 0 spiro atoms. The number of benzene rings is 2. The molecule has 1 fully saturated rings. The van der Waals surface area contributed by atoms with E-state index < -0.39 is 12.0 Å². The normalized spacial score (nSPS) is 16.5. The fourth-order valence-electron chi connectivity index (χ4n) is 4.64. The van der Waals surface area contributed by atoms with Gasteiger partial charge in [0.15, 0.2) is 0 Å². The number of hydrazine groups is 1. The molecule has 2 atom stereocenters. The van der Waals surface area contributed by atoms with Crippen LogP contribution in [0.25, 0.3) is 0 Å². The molecular formula is C27H39N5O3. The molecule has 0 radical (unpaired) electrons. The molecule has 3 rings (SSSR count). The van der Waals surface area contributed by atoms with Crippen molar-refractivity contribution >= 4 is 11.9 Å². The standard InChI is InChI=1S/C27H39N5O3/c1-3-24(29-17-23-7-5-4-6-19(23)2)25(31-28)26(33)30-16-20-12-14-32(15-13-20)18-21-8-10-22(11-9-21)27(34)35/h4-11,20,24-25,29,31H,3,12-18,28H2,1-2H3,(H,30,33)(H,34,35). The van der Waals surface area contributed by atoms with Crippen LogP contribution in [0.3, 0.4) is 0 Å². The Balaban J connectivity index is 1.42. The van der Waals surface area contributed by atoms with Crippen molar-refractivity contribution < 1.29 is 14.7 Å². The van der Waals surface area contributed by atoms with Crippen molar-refractivity contribution in [1.82, 2.24) is 21.0 Å².